The first-order valence-corrected chi connectivity index (χ1v) is 9.98. The molecule has 0 bridgehead atoms. The molecule has 0 amide bonds. The molecule has 5 rings (SSSR count). The van der Waals surface area contributed by atoms with Crippen LogP contribution in [-0.4, -0.2) is 40.7 Å². The van der Waals surface area contributed by atoms with E-state index in [0.29, 0.717) is 0 Å². The van der Waals surface area contributed by atoms with Crippen molar-refractivity contribution in [3.63, 3.8) is 0 Å². The van der Waals surface area contributed by atoms with E-state index in [1.54, 1.807) is 0 Å². The maximum absolute atomic E-state index is 6.73. The van der Waals surface area contributed by atoms with E-state index in [1.807, 2.05) is 0 Å². The monoisotopic (exact) mass is 362 g/mol. The lowest BCUT2D eigenvalue weighted by molar-refractivity contribution is -0.908. The van der Waals surface area contributed by atoms with Gasteiger partial charge in [-0.2, -0.15) is 0 Å². The number of ether oxygens (including phenoxy) is 2. The minimum absolute atomic E-state index is 0.916. The first-order valence-electron chi connectivity index (χ1n) is 9.98. The summed E-state index contributed by atoms with van der Waals surface area (Å²) in [5.74, 6) is 1.84. The number of benzene rings is 2. The molecule has 0 N–H and O–H groups in total. The van der Waals surface area contributed by atoms with Gasteiger partial charge in [0.1, 0.15) is 0 Å². The summed E-state index contributed by atoms with van der Waals surface area (Å²) in [5, 5.41) is 0. The third-order valence-electron chi connectivity index (χ3n) is 5.82. The Morgan fingerprint density at radius 3 is 1.67 bits per heavy atom. The van der Waals surface area contributed by atoms with E-state index < -0.39 is 6.03 Å². The van der Waals surface area contributed by atoms with Gasteiger partial charge in [0.25, 0.3) is 0 Å². The van der Waals surface area contributed by atoms with Gasteiger partial charge in [-0.25, -0.2) is 0 Å². The summed E-state index contributed by atoms with van der Waals surface area (Å²) >= 11 is 0. The molecule has 1 spiro atoms. The number of rotatable bonds is 0. The van der Waals surface area contributed by atoms with Gasteiger partial charge in [0.05, 0.1) is 11.1 Å². The first-order chi connectivity index (χ1) is 13.2. The fraction of sp³-hybridized carbons (Fsp3) is 0.391. The lowest BCUT2D eigenvalue weighted by atomic mass is 10.1. The Labute approximate surface area is 160 Å². The fourth-order valence-corrected chi connectivity index (χ4v) is 4.35. The lowest BCUT2D eigenvalue weighted by Crippen LogP contribution is -2.64. The Morgan fingerprint density at radius 1 is 0.704 bits per heavy atom. The van der Waals surface area contributed by atoms with E-state index in [2.05, 4.69) is 71.8 Å². The molecular weight excluding hydrogens is 336 g/mol. The van der Waals surface area contributed by atoms with E-state index in [4.69, 9.17) is 9.47 Å². The van der Waals surface area contributed by atoms with Gasteiger partial charge in [0.15, 0.2) is 37.0 Å². The summed E-state index contributed by atoms with van der Waals surface area (Å²) in [6.07, 6.45) is 9.20. The SMILES string of the molecule is Cc1cccc2c1OC13Oc4c(C)cccc4C=[N+]1CCCCCC[N+]3=C2. The molecule has 1 fully saturated rings. The van der Waals surface area contributed by atoms with Gasteiger partial charge < -0.3 is 9.47 Å². The second-order valence-electron chi connectivity index (χ2n) is 7.80. The molecule has 0 saturated carbocycles. The van der Waals surface area contributed by atoms with Crippen molar-refractivity contribution < 1.29 is 18.6 Å². The quantitative estimate of drug-likeness (QED) is 0.665. The number of fused-ring (bicyclic) bond motifs is 2. The third kappa shape index (κ3) is 2.58. The molecule has 3 aliphatic heterocycles. The highest BCUT2D eigenvalue weighted by atomic mass is 16.7. The molecule has 3 aliphatic rings. The normalized spacial score (nSPS) is 19.9. The highest BCUT2D eigenvalue weighted by molar-refractivity contribution is 5.83. The van der Waals surface area contributed by atoms with Gasteiger partial charge in [-0.1, -0.05) is 33.4 Å². The van der Waals surface area contributed by atoms with E-state index in [-0.39, 0.29) is 0 Å². The molecule has 138 valence electrons. The van der Waals surface area contributed by atoms with Crippen LogP contribution < -0.4 is 9.47 Å². The van der Waals surface area contributed by atoms with Crippen molar-refractivity contribution in [3.05, 3.63) is 58.7 Å². The van der Waals surface area contributed by atoms with Gasteiger partial charge in [-0.05, 0) is 49.9 Å². The van der Waals surface area contributed by atoms with Crippen molar-refractivity contribution in [1.82, 2.24) is 0 Å². The fourth-order valence-electron chi connectivity index (χ4n) is 4.35. The highest BCUT2D eigenvalue weighted by Gasteiger charge is 2.64. The molecule has 0 radical (unpaired) electrons. The molecule has 2 aromatic carbocycles. The molecule has 0 unspecified atom stereocenters. The van der Waals surface area contributed by atoms with Crippen molar-refractivity contribution in [1.29, 1.82) is 0 Å². The van der Waals surface area contributed by atoms with Crippen molar-refractivity contribution in [2.75, 3.05) is 13.1 Å². The summed E-state index contributed by atoms with van der Waals surface area (Å²) in [6.45, 7) is 6.03. The summed E-state index contributed by atoms with van der Waals surface area (Å²) in [4.78, 5) is 0. The zero-order valence-corrected chi connectivity index (χ0v) is 16.1. The average Bonchev–Trinajstić information content (AvgIpc) is 2.74. The summed E-state index contributed by atoms with van der Waals surface area (Å²) in [7, 11) is 0. The van der Waals surface area contributed by atoms with Crippen molar-refractivity contribution in [3.8, 4) is 11.5 Å². The van der Waals surface area contributed by atoms with Gasteiger partial charge in [0.2, 0.25) is 0 Å². The van der Waals surface area contributed by atoms with Crippen LogP contribution in [0.2, 0.25) is 0 Å². The second kappa shape index (κ2) is 6.22. The Bertz CT molecular complexity index is 895. The molecule has 2 aromatic rings. The summed E-state index contributed by atoms with van der Waals surface area (Å²) in [6, 6.07) is 11.7. The molecule has 0 atom stereocenters. The zero-order chi connectivity index (χ0) is 18.4. The molecule has 4 nitrogen and oxygen atoms in total. The van der Waals surface area contributed by atoms with Crippen LogP contribution in [0.3, 0.4) is 0 Å². The van der Waals surface area contributed by atoms with Crippen LogP contribution in [0.25, 0.3) is 0 Å². The third-order valence-corrected chi connectivity index (χ3v) is 5.82. The molecular formula is C23H26N2O2+2. The number of para-hydroxylation sites is 2. The van der Waals surface area contributed by atoms with Crippen LogP contribution in [0.1, 0.15) is 47.9 Å². The van der Waals surface area contributed by atoms with Crippen LogP contribution in [0.15, 0.2) is 36.4 Å². The number of nitrogens with zero attached hydrogens (tertiary/aromatic N) is 2. The predicted octanol–water partition coefficient (Wildman–Crippen LogP) is 3.84. The number of aryl methyl sites for hydroxylation is 2. The van der Waals surface area contributed by atoms with Crippen LogP contribution in [0.4, 0.5) is 0 Å². The molecule has 27 heavy (non-hydrogen) atoms. The smallest absolute Gasteiger partial charge is 0.340 e. The number of hydrogen-bond donors (Lipinski definition) is 0. The van der Waals surface area contributed by atoms with E-state index in [0.717, 1.165) is 59.7 Å². The van der Waals surface area contributed by atoms with Crippen molar-refractivity contribution in [2.24, 2.45) is 0 Å². The zero-order valence-electron chi connectivity index (χ0n) is 16.1. The first kappa shape index (κ1) is 16.5. The summed E-state index contributed by atoms with van der Waals surface area (Å²) in [5.41, 5.74) is 4.52. The standard InChI is InChI=1S/C23H26N2O2/c1-17-9-7-11-19-15-24-13-5-3-4-6-14-25-16-20-12-8-10-18(2)22(20)27-23(24,25)26-21(17)19/h7-12,15-16H,3-6,13-14H2,1-2H3/q+2. The Morgan fingerprint density at radius 2 is 1.19 bits per heavy atom. The summed E-state index contributed by atoms with van der Waals surface area (Å²) < 4.78 is 18.0. The van der Waals surface area contributed by atoms with Crippen LogP contribution in [0, 0.1) is 13.8 Å². The second-order valence-corrected chi connectivity index (χ2v) is 7.80. The molecule has 3 heterocycles. The Hall–Kier alpha value is -2.62. The maximum Gasteiger partial charge on any atom is 0.703 e. The van der Waals surface area contributed by atoms with Gasteiger partial charge in [0, 0.05) is 12.8 Å². The van der Waals surface area contributed by atoms with E-state index in [9.17, 15) is 0 Å². The highest BCUT2D eigenvalue weighted by Crippen LogP contribution is 2.38. The topological polar surface area (TPSA) is 24.5 Å². The van der Waals surface area contributed by atoms with Crippen molar-refractivity contribution in [2.45, 2.75) is 45.6 Å². The lowest BCUT2D eigenvalue weighted by Gasteiger charge is -2.32. The average molecular weight is 362 g/mol. The minimum Gasteiger partial charge on any atom is -0.340 e. The van der Waals surface area contributed by atoms with Crippen LogP contribution in [0.5, 0.6) is 11.5 Å². The van der Waals surface area contributed by atoms with Crippen LogP contribution >= 0.6 is 0 Å². The van der Waals surface area contributed by atoms with Gasteiger partial charge in [-0.15, -0.1) is 0 Å². The molecule has 4 heteroatoms. The maximum atomic E-state index is 6.73. The van der Waals surface area contributed by atoms with Crippen LogP contribution in [-0.2, 0) is 0 Å². The van der Waals surface area contributed by atoms with E-state index >= 15 is 0 Å². The van der Waals surface area contributed by atoms with Gasteiger partial charge in [-0.3, -0.25) is 0 Å². The Balaban J connectivity index is 1.74. The van der Waals surface area contributed by atoms with Gasteiger partial charge >= 0.3 is 6.03 Å². The number of hydrogen-bond acceptors (Lipinski definition) is 2. The largest absolute Gasteiger partial charge is 0.703 e. The molecule has 0 aromatic heterocycles. The molecule has 1 saturated heterocycles. The Kier molecular flexibility index (Phi) is 3.81. The van der Waals surface area contributed by atoms with E-state index in [1.165, 1.54) is 12.8 Å². The molecule has 0 aliphatic carbocycles. The van der Waals surface area contributed by atoms with Crippen molar-refractivity contribution >= 4 is 12.4 Å². The minimum atomic E-state index is -0.942. The predicted molar refractivity (Wildman–Crippen MR) is 105 cm³/mol.